The normalized spacial score (nSPS) is 9.06. The molecule has 0 saturated carbocycles. The van der Waals surface area contributed by atoms with Crippen molar-refractivity contribution in [2.24, 2.45) is 0 Å². The lowest BCUT2D eigenvalue weighted by Gasteiger charge is -1.98. The van der Waals surface area contributed by atoms with Gasteiger partial charge in [0.05, 0.1) is 0 Å². The predicted molar refractivity (Wildman–Crippen MR) is 48.1 cm³/mol. The average Bonchev–Trinajstić information content (AvgIpc) is 2.25. The molecule has 16 heavy (non-hydrogen) atoms. The second-order valence-corrected chi connectivity index (χ2v) is 2.92. The van der Waals surface area contributed by atoms with Crippen LogP contribution in [0, 0.1) is 0 Å². The first kappa shape index (κ1) is 14.8. The number of aliphatic carboxylic acids is 1. The summed E-state index contributed by atoms with van der Waals surface area (Å²) in [5, 5.41) is 16.9. The quantitative estimate of drug-likeness (QED) is 0.231. The van der Waals surface area contributed by atoms with Crippen LogP contribution in [-0.4, -0.2) is 22.2 Å². The fraction of sp³-hybridized carbons (Fsp3) is 0.222. The highest BCUT2D eigenvalue weighted by Gasteiger charge is 2.10. The summed E-state index contributed by atoms with van der Waals surface area (Å²) >= 11 is 0. The van der Waals surface area contributed by atoms with Crippen LogP contribution in [-0.2, 0) is 11.3 Å². The lowest BCUT2D eigenvalue weighted by Crippen LogP contribution is -3.00. The van der Waals surface area contributed by atoms with Crippen LogP contribution in [0.1, 0.15) is 16.8 Å². The van der Waals surface area contributed by atoms with E-state index in [1.54, 1.807) is 16.8 Å². The van der Waals surface area contributed by atoms with Gasteiger partial charge in [0.15, 0.2) is 18.9 Å². The maximum absolute atomic E-state index is 11.0. The van der Waals surface area contributed by atoms with Gasteiger partial charge in [0.25, 0.3) is 5.91 Å². The van der Waals surface area contributed by atoms with Gasteiger partial charge in [0.2, 0.25) is 0 Å². The number of pyridine rings is 1. The Bertz CT molecular complexity index is 384. The van der Waals surface area contributed by atoms with Gasteiger partial charge in [-0.3, -0.25) is 14.8 Å². The van der Waals surface area contributed by atoms with Gasteiger partial charge >= 0.3 is 5.97 Å². The summed E-state index contributed by atoms with van der Waals surface area (Å²) in [7, 11) is 0. The first-order chi connectivity index (χ1) is 7.13. The molecule has 7 heteroatoms. The van der Waals surface area contributed by atoms with Crippen LogP contribution in [0.15, 0.2) is 24.5 Å². The van der Waals surface area contributed by atoms with E-state index in [1.807, 2.05) is 0 Å². The van der Waals surface area contributed by atoms with Crippen LogP contribution in [0.3, 0.4) is 0 Å². The Labute approximate surface area is 109 Å². The molecule has 0 saturated heterocycles. The number of amides is 1. The first-order valence-electron chi connectivity index (χ1n) is 4.29. The van der Waals surface area contributed by atoms with E-state index in [2.05, 4.69) is 0 Å². The molecule has 0 spiro atoms. The number of carboxylic acids is 1. The van der Waals surface area contributed by atoms with Crippen molar-refractivity contribution in [3.05, 3.63) is 30.1 Å². The highest BCUT2D eigenvalue weighted by Crippen LogP contribution is 1.93. The summed E-state index contributed by atoms with van der Waals surface area (Å²) in [5.74, 6) is -1.53. The highest BCUT2D eigenvalue weighted by atomic mass is 127. The van der Waals surface area contributed by atoms with Crippen LogP contribution >= 0.6 is 0 Å². The molecule has 88 valence electrons. The fourth-order valence-electron chi connectivity index (χ4n) is 1.08. The van der Waals surface area contributed by atoms with E-state index >= 15 is 0 Å². The average molecular weight is 338 g/mol. The van der Waals surface area contributed by atoms with E-state index in [1.165, 1.54) is 17.7 Å². The molecule has 0 bridgehead atoms. The van der Waals surface area contributed by atoms with Crippen molar-refractivity contribution < 1.29 is 48.4 Å². The number of hydrogen-bond donors (Lipinski definition) is 3. The van der Waals surface area contributed by atoms with Gasteiger partial charge < -0.3 is 29.1 Å². The zero-order valence-electron chi connectivity index (χ0n) is 8.26. The van der Waals surface area contributed by atoms with E-state index in [0.29, 0.717) is 0 Å². The molecule has 0 atom stereocenters. The maximum Gasteiger partial charge on any atom is 0.309 e. The van der Waals surface area contributed by atoms with Gasteiger partial charge in [-0.2, -0.15) is 0 Å². The fourth-order valence-corrected chi connectivity index (χ4v) is 1.08. The number of carbonyl (C=O) groups is 2. The molecule has 3 N–H and O–H groups in total. The Morgan fingerprint density at radius 3 is 2.69 bits per heavy atom. The van der Waals surface area contributed by atoms with Crippen LogP contribution in [0.4, 0.5) is 0 Å². The summed E-state index contributed by atoms with van der Waals surface area (Å²) < 4.78 is 1.57. The van der Waals surface area contributed by atoms with E-state index in [4.69, 9.17) is 10.3 Å². The minimum absolute atomic E-state index is 0. The molecular formula is C9H11IN2O4. The predicted octanol–water partition coefficient (Wildman–Crippen LogP) is -3.43. The minimum Gasteiger partial charge on any atom is -1.00 e. The third-order valence-electron chi connectivity index (χ3n) is 1.81. The molecule has 1 heterocycles. The van der Waals surface area contributed by atoms with E-state index < -0.39 is 11.9 Å². The lowest BCUT2D eigenvalue weighted by atomic mass is 10.2. The Hall–Kier alpha value is -1.22. The van der Waals surface area contributed by atoms with Gasteiger partial charge in [0, 0.05) is 6.07 Å². The summed E-state index contributed by atoms with van der Waals surface area (Å²) in [4.78, 5) is 21.3. The van der Waals surface area contributed by atoms with Crippen molar-refractivity contribution in [2.45, 2.75) is 13.0 Å². The minimum atomic E-state index is -0.903. The van der Waals surface area contributed by atoms with Gasteiger partial charge in [0.1, 0.15) is 12.0 Å². The standard InChI is InChI=1S/C9H10N2O4.HI/c12-8(13)3-5-11-4-1-2-7(6-11)9(14)10-15;/h1-2,4,6H,3,5H2,(H2-,10,12,13,14,15);1H. The summed E-state index contributed by atoms with van der Waals surface area (Å²) in [5.41, 5.74) is 1.77. The molecule has 6 nitrogen and oxygen atoms in total. The zero-order chi connectivity index (χ0) is 11.3. The number of nitrogens with zero attached hydrogens (tertiary/aromatic N) is 1. The summed E-state index contributed by atoms with van der Waals surface area (Å²) in [6.07, 6.45) is 3.10. The maximum atomic E-state index is 11.0. The Balaban J connectivity index is 0.00000225. The van der Waals surface area contributed by atoms with Gasteiger partial charge in [-0.1, -0.05) is 0 Å². The number of aryl methyl sites for hydroxylation is 1. The molecule has 0 aromatic carbocycles. The number of nitrogens with one attached hydrogen (secondary N) is 1. The monoisotopic (exact) mass is 338 g/mol. The van der Waals surface area contributed by atoms with E-state index in [9.17, 15) is 9.59 Å². The molecule has 1 amide bonds. The third-order valence-corrected chi connectivity index (χ3v) is 1.81. The number of carbonyl (C=O) groups excluding carboxylic acids is 1. The second-order valence-electron chi connectivity index (χ2n) is 2.92. The number of rotatable bonds is 4. The lowest BCUT2D eigenvalue weighted by molar-refractivity contribution is -0.696. The first-order valence-corrected chi connectivity index (χ1v) is 4.29. The number of halogens is 1. The second kappa shape index (κ2) is 7.12. The van der Waals surface area contributed by atoms with Crippen molar-refractivity contribution in [1.29, 1.82) is 0 Å². The van der Waals surface area contributed by atoms with E-state index in [-0.39, 0.29) is 42.5 Å². The largest absolute Gasteiger partial charge is 1.00 e. The van der Waals surface area contributed by atoms with Gasteiger partial charge in [-0.05, 0) is 6.07 Å². The van der Waals surface area contributed by atoms with Crippen molar-refractivity contribution >= 4 is 11.9 Å². The van der Waals surface area contributed by atoms with Crippen LogP contribution in [0.5, 0.6) is 0 Å². The Morgan fingerprint density at radius 1 is 1.44 bits per heavy atom. The summed E-state index contributed by atoms with van der Waals surface area (Å²) in [6, 6.07) is 3.12. The molecule has 0 aliphatic carbocycles. The number of hydroxylamine groups is 1. The van der Waals surface area contributed by atoms with Crippen LogP contribution in [0.25, 0.3) is 0 Å². The number of carboxylic acid groups (broad SMARTS) is 1. The van der Waals surface area contributed by atoms with Gasteiger partial charge in [-0.15, -0.1) is 0 Å². The van der Waals surface area contributed by atoms with Crippen molar-refractivity contribution in [1.82, 2.24) is 5.48 Å². The molecule has 0 radical (unpaired) electrons. The Morgan fingerprint density at radius 2 is 2.12 bits per heavy atom. The third kappa shape index (κ3) is 4.53. The molecule has 1 aromatic heterocycles. The van der Waals surface area contributed by atoms with Crippen molar-refractivity contribution in [2.75, 3.05) is 0 Å². The van der Waals surface area contributed by atoms with Crippen molar-refractivity contribution in [3.63, 3.8) is 0 Å². The van der Waals surface area contributed by atoms with Gasteiger partial charge in [-0.25, -0.2) is 10.0 Å². The molecule has 0 unspecified atom stereocenters. The van der Waals surface area contributed by atoms with Crippen molar-refractivity contribution in [3.8, 4) is 0 Å². The number of aromatic nitrogens is 1. The summed E-state index contributed by atoms with van der Waals surface area (Å²) in [6.45, 7) is 0.280. The highest BCUT2D eigenvalue weighted by molar-refractivity contribution is 5.92. The SMILES string of the molecule is O=C(O)CC[n+]1cccc(C(=O)NO)c1.[I-]. The molecule has 1 rings (SSSR count). The molecule has 1 aromatic rings. The van der Waals surface area contributed by atoms with Crippen LogP contribution < -0.4 is 34.0 Å². The Kier molecular flexibility index (Phi) is 6.58. The molecule has 0 aliphatic rings. The number of hydrogen-bond acceptors (Lipinski definition) is 3. The van der Waals surface area contributed by atoms with E-state index in [0.717, 1.165) is 0 Å². The zero-order valence-corrected chi connectivity index (χ0v) is 10.4. The van der Waals surface area contributed by atoms with Crippen LogP contribution in [0.2, 0.25) is 0 Å². The molecular weight excluding hydrogens is 327 g/mol. The molecule has 0 aliphatic heterocycles. The smallest absolute Gasteiger partial charge is 0.309 e. The topological polar surface area (TPSA) is 90.5 Å². The molecule has 0 fully saturated rings.